The molecule has 0 unspecified atom stereocenters. The second kappa shape index (κ2) is 6.49. The normalized spacial score (nSPS) is 16.8. The highest BCUT2D eigenvalue weighted by molar-refractivity contribution is 8.27. The number of thiocarbonyl (C=S) groups is 1. The number of rotatable bonds is 2. The fraction of sp³-hybridized carbons (Fsp3) is 0.158. The molecule has 0 spiro atoms. The Balaban J connectivity index is 2.04. The van der Waals surface area contributed by atoms with E-state index in [9.17, 15) is 9.18 Å². The second-order valence-corrected chi connectivity index (χ2v) is 7.40. The Labute approximate surface area is 150 Å². The standard InChI is InChI=1S/C19H16FNOS2/c1-11-4-5-12(2)16(10-11)21-18(22)17(24-19(21)23)13(3)14-6-8-15(20)9-7-14/h4-10H,1-3H3/b17-13-. The average Bonchev–Trinajstić information content (AvgIpc) is 2.84. The van der Waals surface area contributed by atoms with E-state index in [1.807, 2.05) is 39.0 Å². The molecule has 1 fully saturated rings. The number of thioether (sulfide) groups is 1. The topological polar surface area (TPSA) is 20.3 Å². The summed E-state index contributed by atoms with van der Waals surface area (Å²) in [6, 6.07) is 12.1. The van der Waals surface area contributed by atoms with Crippen LogP contribution in [0.2, 0.25) is 0 Å². The zero-order chi connectivity index (χ0) is 17.4. The van der Waals surface area contributed by atoms with E-state index in [0.717, 1.165) is 28.0 Å². The Morgan fingerprint density at radius 1 is 1.12 bits per heavy atom. The quantitative estimate of drug-likeness (QED) is 0.542. The van der Waals surface area contributed by atoms with Crippen molar-refractivity contribution in [1.82, 2.24) is 0 Å². The first-order valence-corrected chi connectivity index (χ1v) is 8.71. The third kappa shape index (κ3) is 3.01. The molecule has 1 aliphatic heterocycles. The molecule has 2 aromatic rings. The van der Waals surface area contributed by atoms with Crippen LogP contribution >= 0.6 is 24.0 Å². The number of carbonyl (C=O) groups is 1. The van der Waals surface area contributed by atoms with Crippen LogP contribution in [0.25, 0.3) is 5.57 Å². The third-order valence-corrected chi connectivity index (χ3v) is 5.47. The number of allylic oxidation sites excluding steroid dienone is 1. The van der Waals surface area contributed by atoms with Crippen LogP contribution in [0.4, 0.5) is 10.1 Å². The first-order valence-electron chi connectivity index (χ1n) is 7.49. The maximum Gasteiger partial charge on any atom is 0.271 e. The van der Waals surface area contributed by atoms with Crippen molar-refractivity contribution in [3.63, 3.8) is 0 Å². The van der Waals surface area contributed by atoms with Gasteiger partial charge in [0.25, 0.3) is 5.91 Å². The highest BCUT2D eigenvalue weighted by Crippen LogP contribution is 2.40. The third-order valence-electron chi connectivity index (χ3n) is 3.99. The van der Waals surface area contributed by atoms with E-state index < -0.39 is 0 Å². The van der Waals surface area contributed by atoms with Crippen LogP contribution in [0.15, 0.2) is 47.4 Å². The van der Waals surface area contributed by atoms with E-state index in [-0.39, 0.29) is 11.7 Å². The van der Waals surface area contributed by atoms with Gasteiger partial charge in [0.2, 0.25) is 0 Å². The van der Waals surface area contributed by atoms with Gasteiger partial charge in [0.05, 0.1) is 10.6 Å². The molecule has 0 N–H and O–H groups in total. The Bertz CT molecular complexity index is 871. The van der Waals surface area contributed by atoms with Crippen molar-refractivity contribution in [3.05, 3.63) is 69.9 Å². The van der Waals surface area contributed by atoms with Crippen LogP contribution in [0.1, 0.15) is 23.6 Å². The minimum Gasteiger partial charge on any atom is -0.268 e. The summed E-state index contributed by atoms with van der Waals surface area (Å²) < 4.78 is 13.6. The number of carbonyl (C=O) groups excluding carboxylic acids is 1. The van der Waals surface area contributed by atoms with Crippen molar-refractivity contribution in [1.29, 1.82) is 0 Å². The van der Waals surface area contributed by atoms with Gasteiger partial charge in [0.1, 0.15) is 5.82 Å². The average molecular weight is 357 g/mol. The summed E-state index contributed by atoms with van der Waals surface area (Å²) >= 11 is 6.74. The Kier molecular flexibility index (Phi) is 4.56. The van der Waals surface area contributed by atoms with Gasteiger partial charge in [0.15, 0.2) is 4.32 Å². The largest absolute Gasteiger partial charge is 0.271 e. The molecule has 0 atom stereocenters. The van der Waals surface area contributed by atoms with Gasteiger partial charge in [0, 0.05) is 0 Å². The zero-order valence-electron chi connectivity index (χ0n) is 13.6. The van der Waals surface area contributed by atoms with Crippen LogP contribution in [0.5, 0.6) is 0 Å². The van der Waals surface area contributed by atoms with Gasteiger partial charge in [-0.2, -0.15) is 0 Å². The Morgan fingerprint density at radius 2 is 1.79 bits per heavy atom. The van der Waals surface area contributed by atoms with Gasteiger partial charge in [-0.25, -0.2) is 4.39 Å². The van der Waals surface area contributed by atoms with Crippen molar-refractivity contribution in [3.8, 4) is 0 Å². The summed E-state index contributed by atoms with van der Waals surface area (Å²) in [4.78, 5) is 15.1. The molecule has 0 bridgehead atoms. The summed E-state index contributed by atoms with van der Waals surface area (Å²) in [7, 11) is 0. The van der Waals surface area contributed by atoms with E-state index >= 15 is 0 Å². The lowest BCUT2D eigenvalue weighted by Crippen LogP contribution is -2.28. The molecule has 2 aromatic carbocycles. The molecule has 0 aliphatic carbocycles. The SMILES string of the molecule is C/C(=C1/SC(=S)N(c2cc(C)ccc2C)C1=O)c1ccc(F)cc1. The highest BCUT2D eigenvalue weighted by atomic mass is 32.2. The molecule has 1 amide bonds. The fourth-order valence-electron chi connectivity index (χ4n) is 2.60. The minimum absolute atomic E-state index is 0.125. The predicted octanol–water partition coefficient (Wildman–Crippen LogP) is 5.24. The number of hydrogen-bond donors (Lipinski definition) is 0. The number of anilines is 1. The first kappa shape index (κ1) is 16.9. The molecule has 5 heteroatoms. The van der Waals surface area contributed by atoms with E-state index in [0.29, 0.717) is 9.23 Å². The Hall–Kier alpha value is -1.98. The molecule has 122 valence electrons. The Morgan fingerprint density at radius 3 is 2.46 bits per heavy atom. The fourth-order valence-corrected chi connectivity index (χ4v) is 3.93. The predicted molar refractivity (Wildman–Crippen MR) is 103 cm³/mol. The van der Waals surface area contributed by atoms with Crippen molar-refractivity contribution >= 4 is 45.5 Å². The molecule has 1 heterocycles. The van der Waals surface area contributed by atoms with Gasteiger partial charge < -0.3 is 0 Å². The molecule has 0 radical (unpaired) electrons. The van der Waals surface area contributed by atoms with Crippen LogP contribution in [-0.2, 0) is 4.79 Å². The van der Waals surface area contributed by atoms with Gasteiger partial charge >= 0.3 is 0 Å². The molecular formula is C19H16FNOS2. The van der Waals surface area contributed by atoms with Crippen LogP contribution in [0.3, 0.4) is 0 Å². The molecule has 24 heavy (non-hydrogen) atoms. The van der Waals surface area contributed by atoms with Gasteiger partial charge in [-0.1, -0.05) is 48.2 Å². The number of halogens is 1. The van der Waals surface area contributed by atoms with Gasteiger partial charge in [-0.05, 0) is 61.2 Å². The minimum atomic E-state index is -0.297. The lowest BCUT2D eigenvalue weighted by molar-refractivity contribution is -0.113. The second-order valence-electron chi connectivity index (χ2n) is 5.76. The highest BCUT2D eigenvalue weighted by Gasteiger charge is 2.35. The first-order chi connectivity index (χ1) is 11.4. The van der Waals surface area contributed by atoms with Crippen molar-refractivity contribution in [2.24, 2.45) is 0 Å². The molecule has 1 saturated heterocycles. The van der Waals surface area contributed by atoms with E-state index in [4.69, 9.17) is 12.2 Å². The molecule has 0 saturated carbocycles. The molecule has 3 rings (SSSR count). The molecular weight excluding hydrogens is 341 g/mol. The van der Waals surface area contributed by atoms with E-state index in [2.05, 4.69) is 0 Å². The van der Waals surface area contributed by atoms with Gasteiger partial charge in [-0.3, -0.25) is 9.69 Å². The van der Waals surface area contributed by atoms with E-state index in [1.54, 1.807) is 17.0 Å². The molecule has 0 aromatic heterocycles. The van der Waals surface area contributed by atoms with Gasteiger partial charge in [-0.15, -0.1) is 0 Å². The number of hydrogen-bond acceptors (Lipinski definition) is 3. The van der Waals surface area contributed by atoms with Crippen molar-refractivity contribution in [2.45, 2.75) is 20.8 Å². The summed E-state index contributed by atoms with van der Waals surface area (Å²) in [6.45, 7) is 5.81. The summed E-state index contributed by atoms with van der Waals surface area (Å²) in [6.07, 6.45) is 0. The molecule has 2 nitrogen and oxygen atoms in total. The lowest BCUT2D eigenvalue weighted by Gasteiger charge is -2.18. The monoisotopic (exact) mass is 357 g/mol. The van der Waals surface area contributed by atoms with Crippen LogP contribution in [0, 0.1) is 19.7 Å². The van der Waals surface area contributed by atoms with Crippen molar-refractivity contribution < 1.29 is 9.18 Å². The van der Waals surface area contributed by atoms with Crippen LogP contribution < -0.4 is 4.90 Å². The smallest absolute Gasteiger partial charge is 0.268 e. The number of amides is 1. The summed E-state index contributed by atoms with van der Waals surface area (Å²) in [5, 5.41) is 0. The summed E-state index contributed by atoms with van der Waals surface area (Å²) in [5.74, 6) is -0.421. The lowest BCUT2D eigenvalue weighted by atomic mass is 10.1. The van der Waals surface area contributed by atoms with Crippen LogP contribution in [-0.4, -0.2) is 10.2 Å². The van der Waals surface area contributed by atoms with E-state index in [1.165, 1.54) is 23.9 Å². The van der Waals surface area contributed by atoms with Crippen molar-refractivity contribution in [2.75, 3.05) is 4.90 Å². The summed E-state index contributed by atoms with van der Waals surface area (Å²) in [5.41, 5.74) is 4.51. The maximum atomic E-state index is 13.1. The zero-order valence-corrected chi connectivity index (χ0v) is 15.2. The maximum absolute atomic E-state index is 13.1. The number of benzene rings is 2. The number of nitrogens with zero attached hydrogens (tertiary/aromatic N) is 1. The number of aryl methyl sites for hydroxylation is 2. The molecule has 1 aliphatic rings.